The van der Waals surface area contributed by atoms with E-state index in [4.69, 9.17) is 28.4 Å². The van der Waals surface area contributed by atoms with Crippen LogP contribution in [0.3, 0.4) is 0 Å². The van der Waals surface area contributed by atoms with Crippen LogP contribution < -0.4 is 24.3 Å². The highest BCUT2D eigenvalue weighted by atomic mass is 19.4. The predicted octanol–water partition coefficient (Wildman–Crippen LogP) is 3.25. The second-order valence-corrected chi connectivity index (χ2v) is 7.64. The van der Waals surface area contributed by atoms with Crippen molar-refractivity contribution in [2.24, 2.45) is 0 Å². The number of nitrogens with one attached hydrogen (secondary N) is 1. The first kappa shape index (κ1) is 24.5. The van der Waals surface area contributed by atoms with Gasteiger partial charge in [-0.2, -0.15) is 13.2 Å². The third kappa shape index (κ3) is 4.78. The number of benzene rings is 2. The molecule has 0 bridgehead atoms. The molecule has 2 aliphatic rings. The number of ether oxygens (including phenoxy) is 6. The number of halogens is 3. The molecule has 1 amide bonds. The number of alkyl halides is 3. The Kier molecular flexibility index (Phi) is 6.66. The minimum absolute atomic E-state index is 0.000155. The van der Waals surface area contributed by atoms with Gasteiger partial charge in [-0.15, -0.1) is 0 Å². The lowest BCUT2D eigenvalue weighted by molar-refractivity contribution is -0.173. The van der Waals surface area contributed by atoms with Crippen molar-refractivity contribution in [1.82, 2.24) is 5.32 Å². The Hall–Kier alpha value is -3.67. The van der Waals surface area contributed by atoms with Crippen molar-refractivity contribution < 1.29 is 51.2 Å². The summed E-state index contributed by atoms with van der Waals surface area (Å²) in [6.07, 6.45) is -6.01. The quantitative estimate of drug-likeness (QED) is 0.438. The summed E-state index contributed by atoms with van der Waals surface area (Å²) in [6.45, 7) is -0.258. The van der Waals surface area contributed by atoms with Crippen molar-refractivity contribution in [2.75, 3.05) is 34.7 Å². The second-order valence-electron chi connectivity index (χ2n) is 7.64. The summed E-state index contributed by atoms with van der Waals surface area (Å²) in [4.78, 5) is 23.8. The molecule has 0 saturated carbocycles. The molecular formula is C23H22F3NO8. The molecule has 12 heteroatoms. The summed E-state index contributed by atoms with van der Waals surface area (Å²) in [5.74, 6) is -1.26. The molecule has 2 aromatic rings. The Balaban J connectivity index is 1.64. The molecule has 9 nitrogen and oxygen atoms in total. The van der Waals surface area contributed by atoms with Crippen LogP contribution in [-0.2, 0) is 20.7 Å². The number of epoxide rings is 1. The molecule has 2 heterocycles. The van der Waals surface area contributed by atoms with Crippen LogP contribution in [-0.4, -0.2) is 52.7 Å². The molecule has 2 aliphatic heterocycles. The van der Waals surface area contributed by atoms with Crippen molar-refractivity contribution in [2.45, 2.75) is 24.8 Å². The number of carbonyl (C=O) groups is 2. The summed E-state index contributed by atoms with van der Waals surface area (Å²) >= 11 is 0. The number of hydrogen-bond donors (Lipinski definition) is 1. The maximum absolute atomic E-state index is 12.6. The van der Waals surface area contributed by atoms with Gasteiger partial charge in [0.2, 0.25) is 6.79 Å². The topological polar surface area (TPSA) is 105 Å². The van der Waals surface area contributed by atoms with E-state index in [9.17, 15) is 22.8 Å². The summed E-state index contributed by atoms with van der Waals surface area (Å²) in [5.41, 5.74) is 1.87. The van der Waals surface area contributed by atoms with Gasteiger partial charge in [0, 0.05) is 12.1 Å². The van der Waals surface area contributed by atoms with E-state index in [0.717, 1.165) is 0 Å². The van der Waals surface area contributed by atoms with Gasteiger partial charge in [0.15, 0.2) is 23.0 Å². The number of methoxy groups -OCH3 is 3. The van der Waals surface area contributed by atoms with Gasteiger partial charge in [-0.25, -0.2) is 4.79 Å². The number of amides is 1. The van der Waals surface area contributed by atoms with Crippen LogP contribution in [0.1, 0.15) is 39.3 Å². The largest absolute Gasteiger partial charge is 0.493 e. The van der Waals surface area contributed by atoms with Crippen molar-refractivity contribution in [3.8, 4) is 23.0 Å². The smallest absolute Gasteiger partial charge is 0.471 e. The molecule has 0 aliphatic carbocycles. The zero-order valence-electron chi connectivity index (χ0n) is 19.0. The number of fused-ring (bicyclic) bond motifs is 1. The van der Waals surface area contributed by atoms with Gasteiger partial charge >= 0.3 is 18.1 Å². The van der Waals surface area contributed by atoms with Crippen LogP contribution in [0.15, 0.2) is 24.3 Å². The summed E-state index contributed by atoms with van der Waals surface area (Å²) in [6, 6.07) is 6.62. The monoisotopic (exact) mass is 497 g/mol. The second kappa shape index (κ2) is 9.53. The van der Waals surface area contributed by atoms with Gasteiger partial charge in [-0.05, 0) is 35.7 Å². The average molecular weight is 497 g/mol. The molecule has 0 aromatic heterocycles. The molecule has 2 aromatic carbocycles. The van der Waals surface area contributed by atoms with Gasteiger partial charge in [0.25, 0.3) is 0 Å². The minimum atomic E-state index is -4.97. The van der Waals surface area contributed by atoms with Gasteiger partial charge < -0.3 is 33.7 Å². The molecule has 4 rings (SSSR count). The molecule has 0 radical (unpaired) electrons. The third-order valence-corrected chi connectivity index (χ3v) is 5.64. The lowest BCUT2D eigenvalue weighted by Crippen LogP contribution is -2.37. The zero-order chi connectivity index (χ0) is 25.3. The van der Waals surface area contributed by atoms with Gasteiger partial charge in [-0.3, -0.25) is 4.79 Å². The first-order valence-corrected chi connectivity index (χ1v) is 10.5. The molecular weight excluding hydrogens is 475 g/mol. The number of carbonyl (C=O) groups excluding carboxylic acids is 2. The molecule has 1 saturated heterocycles. The maximum atomic E-state index is 12.6. The Morgan fingerprint density at radius 1 is 1.03 bits per heavy atom. The highest BCUT2D eigenvalue weighted by Crippen LogP contribution is 2.56. The summed E-state index contributed by atoms with van der Waals surface area (Å²) in [7, 11) is 4.07. The maximum Gasteiger partial charge on any atom is 0.471 e. The first-order chi connectivity index (χ1) is 16.7. The van der Waals surface area contributed by atoms with Gasteiger partial charge in [0.05, 0.1) is 21.3 Å². The summed E-state index contributed by atoms with van der Waals surface area (Å²) in [5, 5.41) is 1.86. The highest BCUT2D eigenvalue weighted by molar-refractivity contribution is 5.95. The van der Waals surface area contributed by atoms with Crippen molar-refractivity contribution in [1.29, 1.82) is 0 Å². The van der Waals surface area contributed by atoms with E-state index in [0.29, 0.717) is 33.9 Å². The number of rotatable bonds is 8. The molecule has 2 unspecified atom stereocenters. The molecule has 2 atom stereocenters. The normalized spacial score (nSPS) is 18.1. The number of esters is 1. The van der Waals surface area contributed by atoms with Crippen LogP contribution in [0, 0.1) is 0 Å². The van der Waals surface area contributed by atoms with Crippen LogP contribution >= 0.6 is 0 Å². The highest BCUT2D eigenvalue weighted by Gasteiger charge is 2.46. The van der Waals surface area contributed by atoms with E-state index >= 15 is 0 Å². The van der Waals surface area contributed by atoms with E-state index in [1.165, 1.54) is 21.3 Å². The molecule has 35 heavy (non-hydrogen) atoms. The van der Waals surface area contributed by atoms with Crippen molar-refractivity contribution in [3.63, 3.8) is 0 Å². The van der Waals surface area contributed by atoms with Crippen molar-refractivity contribution >= 4 is 11.9 Å². The summed E-state index contributed by atoms with van der Waals surface area (Å²) < 4.78 is 69.9. The van der Waals surface area contributed by atoms with Gasteiger partial charge in [-0.1, -0.05) is 6.07 Å². The van der Waals surface area contributed by atoms with E-state index < -0.39 is 30.3 Å². The van der Waals surface area contributed by atoms with Crippen LogP contribution in [0.4, 0.5) is 13.2 Å². The van der Waals surface area contributed by atoms with Crippen molar-refractivity contribution in [3.05, 3.63) is 46.5 Å². The fourth-order valence-electron chi connectivity index (χ4n) is 3.97. The lowest BCUT2D eigenvalue weighted by Gasteiger charge is -2.15. The Morgan fingerprint density at radius 2 is 1.71 bits per heavy atom. The first-order valence-electron chi connectivity index (χ1n) is 10.5. The van der Waals surface area contributed by atoms with E-state index in [2.05, 4.69) is 0 Å². The van der Waals surface area contributed by atoms with Crippen LogP contribution in [0.2, 0.25) is 0 Å². The zero-order valence-corrected chi connectivity index (χ0v) is 19.0. The fraction of sp³-hybridized carbons (Fsp3) is 0.391. The van der Waals surface area contributed by atoms with E-state index in [1.54, 1.807) is 24.3 Å². The van der Waals surface area contributed by atoms with Crippen LogP contribution in [0.25, 0.3) is 0 Å². The molecule has 0 spiro atoms. The SMILES string of the molecule is COC(=O)c1c(C2OC2c2cc3c(cc2CCNC(=O)C(F)(F)F)OCO3)ccc(OC)c1OC. The average Bonchev–Trinajstić information content (AvgIpc) is 3.50. The predicted molar refractivity (Wildman–Crippen MR) is 113 cm³/mol. The lowest BCUT2D eigenvalue weighted by atomic mass is 9.94. The van der Waals surface area contributed by atoms with E-state index in [1.807, 2.05) is 5.32 Å². The van der Waals surface area contributed by atoms with Gasteiger partial charge in [0.1, 0.15) is 17.8 Å². The Bertz CT molecular complexity index is 1150. The molecule has 1 fully saturated rings. The van der Waals surface area contributed by atoms with E-state index in [-0.39, 0.29) is 31.1 Å². The molecule has 188 valence electrons. The van der Waals surface area contributed by atoms with Crippen LogP contribution in [0.5, 0.6) is 23.0 Å². The number of hydrogen-bond acceptors (Lipinski definition) is 8. The third-order valence-electron chi connectivity index (χ3n) is 5.64. The minimum Gasteiger partial charge on any atom is -0.493 e. The standard InChI is InChI=1S/C23H22F3NO8/c1-30-14-5-4-12(17(20(14)31-2)21(28)32-3)18-19(35-18)13-9-16-15(33-10-34-16)8-11(13)6-7-27-22(29)23(24,25)26/h4-5,8-9,18-19H,6-7,10H2,1-3H3,(H,27,29). The fourth-order valence-corrected chi connectivity index (χ4v) is 3.97. The molecule has 1 N–H and O–H groups in total. The Labute approximate surface area is 198 Å². The Morgan fingerprint density at radius 3 is 2.34 bits per heavy atom.